The molecular weight excluding hydrogens is 434 g/mol. The van der Waals surface area contributed by atoms with E-state index >= 15 is 0 Å². The number of anilines is 1. The smallest absolute Gasteiger partial charge is 0.227 e. The Balaban J connectivity index is 1.45. The standard InChI is InChI=1S/C26H33N3O3S/c1-19-8-10-20(11-9-19)29-24(31)13-12-21(25(29)22-7-6-18-33-22)26(32)27-15-14-23(30)28-16-4-2-3-5-17-28/h6-11,18,21,25H,2-5,12-17H2,1H3,(H,27,32). The van der Waals surface area contributed by atoms with Crippen LogP contribution in [-0.2, 0) is 14.4 Å². The van der Waals surface area contributed by atoms with Gasteiger partial charge in [-0.15, -0.1) is 11.3 Å². The molecule has 0 aliphatic carbocycles. The normalized spacial score (nSPS) is 21.5. The first-order valence-electron chi connectivity index (χ1n) is 12.0. The predicted molar refractivity (Wildman–Crippen MR) is 131 cm³/mol. The van der Waals surface area contributed by atoms with Crippen LogP contribution in [0.15, 0.2) is 41.8 Å². The maximum Gasteiger partial charge on any atom is 0.227 e. The van der Waals surface area contributed by atoms with Gasteiger partial charge in [0.1, 0.15) is 0 Å². The van der Waals surface area contributed by atoms with Gasteiger partial charge in [-0.2, -0.15) is 0 Å². The Morgan fingerprint density at radius 3 is 2.45 bits per heavy atom. The third-order valence-corrected chi connectivity index (χ3v) is 7.62. The number of benzene rings is 1. The van der Waals surface area contributed by atoms with Crippen LogP contribution in [0.1, 0.15) is 61.4 Å². The van der Waals surface area contributed by atoms with E-state index in [0.717, 1.165) is 42.1 Å². The minimum atomic E-state index is -0.351. The fourth-order valence-electron chi connectivity index (χ4n) is 4.86. The number of nitrogens with one attached hydrogen (secondary N) is 1. The molecule has 33 heavy (non-hydrogen) atoms. The summed E-state index contributed by atoms with van der Waals surface area (Å²) < 4.78 is 0. The van der Waals surface area contributed by atoms with Crippen LogP contribution in [0.2, 0.25) is 0 Å². The minimum Gasteiger partial charge on any atom is -0.355 e. The van der Waals surface area contributed by atoms with Crippen molar-refractivity contribution in [1.29, 1.82) is 0 Å². The molecule has 3 heterocycles. The Bertz CT molecular complexity index is 950. The van der Waals surface area contributed by atoms with Gasteiger partial charge in [0, 0.05) is 43.0 Å². The summed E-state index contributed by atoms with van der Waals surface area (Å²) in [6, 6.07) is 11.5. The summed E-state index contributed by atoms with van der Waals surface area (Å²) in [5.74, 6) is -0.276. The third kappa shape index (κ3) is 5.64. The van der Waals surface area contributed by atoms with Crippen molar-refractivity contribution >= 4 is 34.7 Å². The van der Waals surface area contributed by atoms with E-state index in [2.05, 4.69) is 5.32 Å². The Morgan fingerprint density at radius 1 is 1.06 bits per heavy atom. The lowest BCUT2D eigenvalue weighted by atomic mass is 9.86. The first-order chi connectivity index (χ1) is 16.0. The van der Waals surface area contributed by atoms with E-state index in [0.29, 0.717) is 25.8 Å². The Morgan fingerprint density at radius 2 is 1.79 bits per heavy atom. The number of hydrogen-bond acceptors (Lipinski definition) is 4. The second-order valence-electron chi connectivity index (χ2n) is 9.04. The molecule has 2 aliphatic rings. The lowest BCUT2D eigenvalue weighted by Gasteiger charge is -2.40. The number of rotatable bonds is 6. The molecule has 1 aromatic heterocycles. The van der Waals surface area contributed by atoms with Crippen LogP contribution in [0.3, 0.4) is 0 Å². The van der Waals surface area contributed by atoms with Crippen molar-refractivity contribution < 1.29 is 14.4 Å². The SMILES string of the molecule is Cc1ccc(N2C(=O)CCC(C(=O)NCCC(=O)N3CCCCCC3)C2c2cccs2)cc1. The van der Waals surface area contributed by atoms with Crippen molar-refractivity contribution in [3.8, 4) is 0 Å². The number of thiophene rings is 1. The van der Waals surface area contributed by atoms with Crippen molar-refractivity contribution in [2.75, 3.05) is 24.5 Å². The molecule has 2 aliphatic heterocycles. The van der Waals surface area contributed by atoms with Gasteiger partial charge in [0.25, 0.3) is 0 Å². The highest BCUT2D eigenvalue weighted by atomic mass is 32.1. The molecule has 1 aromatic carbocycles. The van der Waals surface area contributed by atoms with Crippen LogP contribution >= 0.6 is 11.3 Å². The van der Waals surface area contributed by atoms with E-state index in [-0.39, 0.29) is 29.7 Å². The topological polar surface area (TPSA) is 69.7 Å². The van der Waals surface area contributed by atoms with E-state index in [9.17, 15) is 14.4 Å². The Labute approximate surface area is 200 Å². The van der Waals surface area contributed by atoms with Gasteiger partial charge >= 0.3 is 0 Å². The molecule has 0 radical (unpaired) electrons. The van der Waals surface area contributed by atoms with Crippen molar-refractivity contribution in [2.24, 2.45) is 5.92 Å². The van der Waals surface area contributed by atoms with Crippen molar-refractivity contribution in [3.05, 3.63) is 52.2 Å². The van der Waals surface area contributed by atoms with Crippen molar-refractivity contribution in [2.45, 2.75) is 57.9 Å². The monoisotopic (exact) mass is 467 g/mol. The summed E-state index contributed by atoms with van der Waals surface area (Å²) in [5, 5.41) is 4.99. The average molecular weight is 468 g/mol. The number of carbonyl (C=O) groups is 3. The maximum atomic E-state index is 13.3. The van der Waals surface area contributed by atoms with E-state index in [1.807, 2.05) is 53.6 Å². The van der Waals surface area contributed by atoms with Gasteiger partial charge in [0.05, 0.1) is 12.0 Å². The first-order valence-corrected chi connectivity index (χ1v) is 12.9. The zero-order valence-corrected chi connectivity index (χ0v) is 20.1. The van der Waals surface area contributed by atoms with Gasteiger partial charge in [-0.25, -0.2) is 0 Å². The zero-order valence-electron chi connectivity index (χ0n) is 19.3. The van der Waals surface area contributed by atoms with Crippen LogP contribution in [-0.4, -0.2) is 42.3 Å². The summed E-state index contributed by atoms with van der Waals surface area (Å²) >= 11 is 1.57. The van der Waals surface area contributed by atoms with Gasteiger partial charge < -0.3 is 15.1 Å². The Hall–Kier alpha value is -2.67. The molecule has 1 N–H and O–H groups in total. The molecule has 176 valence electrons. The third-order valence-electron chi connectivity index (χ3n) is 6.68. The molecule has 7 heteroatoms. The summed E-state index contributed by atoms with van der Waals surface area (Å²) in [6.45, 7) is 4.00. The lowest BCUT2D eigenvalue weighted by molar-refractivity contribution is -0.131. The molecule has 6 nitrogen and oxygen atoms in total. The van der Waals surface area contributed by atoms with E-state index < -0.39 is 0 Å². The molecule has 2 saturated heterocycles. The summed E-state index contributed by atoms with van der Waals surface area (Å²) in [7, 11) is 0. The second kappa shape index (κ2) is 11.0. The molecule has 2 atom stereocenters. The quantitative estimate of drug-likeness (QED) is 0.682. The highest BCUT2D eigenvalue weighted by molar-refractivity contribution is 7.10. The minimum absolute atomic E-state index is 0.0395. The van der Waals surface area contributed by atoms with E-state index in [1.165, 1.54) is 12.8 Å². The van der Waals surface area contributed by atoms with Crippen molar-refractivity contribution in [1.82, 2.24) is 10.2 Å². The van der Waals surface area contributed by atoms with Gasteiger partial charge in [0.15, 0.2) is 0 Å². The van der Waals surface area contributed by atoms with Gasteiger partial charge in [-0.1, -0.05) is 36.6 Å². The number of piperidine rings is 1. The summed E-state index contributed by atoms with van der Waals surface area (Å²) in [4.78, 5) is 43.6. The largest absolute Gasteiger partial charge is 0.355 e. The van der Waals surface area contributed by atoms with Gasteiger partial charge in [-0.3, -0.25) is 14.4 Å². The summed E-state index contributed by atoms with van der Waals surface area (Å²) in [5.41, 5.74) is 1.94. The Kier molecular flexibility index (Phi) is 7.81. The number of aryl methyl sites for hydroxylation is 1. The van der Waals surface area contributed by atoms with Crippen LogP contribution in [0.5, 0.6) is 0 Å². The molecule has 0 bridgehead atoms. The van der Waals surface area contributed by atoms with Crippen LogP contribution in [0.25, 0.3) is 0 Å². The molecule has 4 rings (SSSR count). The van der Waals surface area contributed by atoms with Crippen LogP contribution < -0.4 is 10.2 Å². The van der Waals surface area contributed by atoms with Crippen LogP contribution in [0.4, 0.5) is 5.69 Å². The number of nitrogens with zero attached hydrogens (tertiary/aromatic N) is 2. The van der Waals surface area contributed by atoms with E-state index in [4.69, 9.17) is 0 Å². The average Bonchev–Trinajstić information content (AvgIpc) is 3.21. The highest BCUT2D eigenvalue weighted by Gasteiger charge is 2.41. The van der Waals surface area contributed by atoms with E-state index in [1.54, 1.807) is 16.2 Å². The number of likely N-dealkylation sites (tertiary alicyclic amines) is 1. The van der Waals surface area contributed by atoms with Gasteiger partial charge in [-0.05, 0) is 49.8 Å². The molecular formula is C26H33N3O3S. The predicted octanol–water partition coefficient (Wildman–Crippen LogP) is 4.45. The molecule has 2 unspecified atom stereocenters. The first kappa shape index (κ1) is 23.5. The van der Waals surface area contributed by atoms with Crippen LogP contribution in [0, 0.1) is 12.8 Å². The lowest BCUT2D eigenvalue weighted by Crippen LogP contribution is -2.48. The molecule has 2 fully saturated rings. The van der Waals surface area contributed by atoms with Crippen molar-refractivity contribution in [3.63, 3.8) is 0 Å². The fourth-order valence-corrected chi connectivity index (χ4v) is 5.74. The number of amides is 3. The number of carbonyl (C=O) groups excluding carboxylic acids is 3. The summed E-state index contributed by atoms with van der Waals surface area (Å²) in [6.07, 6.45) is 5.65. The fraction of sp³-hybridized carbons (Fsp3) is 0.500. The highest BCUT2D eigenvalue weighted by Crippen LogP contribution is 2.41. The molecule has 0 spiro atoms. The molecule has 0 saturated carbocycles. The zero-order chi connectivity index (χ0) is 23.2. The molecule has 2 aromatic rings. The second-order valence-corrected chi connectivity index (χ2v) is 10.0. The number of hydrogen-bond donors (Lipinski definition) is 1. The van der Waals surface area contributed by atoms with Gasteiger partial charge in [0.2, 0.25) is 17.7 Å². The molecule has 3 amide bonds. The maximum absolute atomic E-state index is 13.3.